The molecule has 0 amide bonds. The maximum atomic E-state index is 13.9. The molecule has 0 aliphatic heterocycles. The van der Waals surface area contributed by atoms with Crippen molar-refractivity contribution in [3.63, 3.8) is 0 Å². The first-order valence-electron chi connectivity index (χ1n) is 6.94. The summed E-state index contributed by atoms with van der Waals surface area (Å²) in [6.45, 7) is 0. The van der Waals surface area contributed by atoms with Crippen LogP contribution in [-0.4, -0.2) is 25.8 Å². The molecule has 0 saturated heterocycles. The van der Waals surface area contributed by atoms with Gasteiger partial charge in [-0.2, -0.15) is 30.7 Å². The van der Waals surface area contributed by atoms with Crippen molar-refractivity contribution in [2.45, 2.75) is 21.7 Å². The summed E-state index contributed by atoms with van der Waals surface area (Å²) in [6, 6.07) is 5.74. The average molecular weight is 580 g/mol. The summed E-state index contributed by atoms with van der Waals surface area (Å²) in [4.78, 5) is -1.45. The van der Waals surface area contributed by atoms with Crippen LogP contribution in [0.4, 0.5) is 30.7 Å². The number of halogens is 10. The molecule has 1 unspecified atom stereocenters. The second-order valence-electron chi connectivity index (χ2n) is 5.56. The van der Waals surface area contributed by atoms with Crippen molar-refractivity contribution in [3.05, 3.63) is 62.8 Å². The summed E-state index contributed by atoms with van der Waals surface area (Å²) in [7, 11) is -6.47. The maximum absolute atomic E-state index is 13.9. The molecule has 1 radical (unpaired) electrons. The van der Waals surface area contributed by atoms with Crippen molar-refractivity contribution < 1.29 is 39.2 Å². The summed E-state index contributed by atoms with van der Waals surface area (Å²) in [5.74, 6) is -6.82. The van der Waals surface area contributed by atoms with Gasteiger partial charge in [-0.1, -0.05) is 61.7 Å². The Morgan fingerprint density at radius 3 is 2.04 bits per heavy atom. The zero-order chi connectivity index (χ0) is 21.8. The molecule has 1 aromatic carbocycles. The Labute approximate surface area is 176 Å². The molecule has 2 rings (SSSR count). The van der Waals surface area contributed by atoms with E-state index in [2.05, 4.69) is 31.9 Å². The van der Waals surface area contributed by atoms with Gasteiger partial charge in [0.15, 0.2) is 0 Å². The van der Waals surface area contributed by atoms with Crippen LogP contribution in [0, 0.1) is 6.42 Å². The monoisotopic (exact) mass is 577 g/mol. The van der Waals surface area contributed by atoms with E-state index in [1.54, 1.807) is 0 Å². The van der Waals surface area contributed by atoms with Gasteiger partial charge in [-0.15, -0.1) is 0 Å². The van der Waals surface area contributed by atoms with E-state index in [1.807, 2.05) is 0 Å². The molecule has 13 heteroatoms. The molecule has 1 aliphatic rings. The predicted octanol–water partition coefficient (Wildman–Crippen LogP) is 6.52. The van der Waals surface area contributed by atoms with Crippen LogP contribution in [0.5, 0.6) is 0 Å². The molecular formula is C15H7Br2ClF7O2S. The van der Waals surface area contributed by atoms with Crippen molar-refractivity contribution in [2.24, 2.45) is 0 Å². The Bertz CT molecular complexity index is 957. The van der Waals surface area contributed by atoms with Crippen LogP contribution in [0.25, 0.3) is 0 Å². The normalized spacial score (nSPS) is 21.9. The standard InChI is InChI=1S/C15H7Br2ClF7O2S/c16-8-5-9(7-12(17,6-8)10-3-1-2-4-11(10)18)28(26,27)15(24,25)13(19,20)14(21,22)23/h1-7H. The van der Waals surface area contributed by atoms with Crippen LogP contribution in [-0.2, 0) is 14.2 Å². The molecular weight excluding hydrogens is 572 g/mol. The summed E-state index contributed by atoms with van der Waals surface area (Å²) in [6.07, 6.45) is -4.48. The SMILES string of the molecule is O=S(=O)(C1=CC(Br)(c2ccccc2Cl)[CH]C(Br)=C1)C(F)(F)C(F)(F)C(F)(F)F. The van der Waals surface area contributed by atoms with Gasteiger partial charge in [0.2, 0.25) is 9.84 Å². The van der Waals surface area contributed by atoms with E-state index in [0.29, 0.717) is 12.2 Å². The van der Waals surface area contributed by atoms with Crippen molar-refractivity contribution >= 4 is 53.3 Å². The zero-order valence-corrected chi connectivity index (χ0v) is 17.8. The van der Waals surface area contributed by atoms with E-state index in [4.69, 9.17) is 11.6 Å². The molecule has 1 aliphatic carbocycles. The lowest BCUT2D eigenvalue weighted by molar-refractivity contribution is -0.331. The number of hydrogen-bond acceptors (Lipinski definition) is 2. The minimum absolute atomic E-state index is 0.0539. The van der Waals surface area contributed by atoms with Crippen molar-refractivity contribution in [2.75, 3.05) is 0 Å². The van der Waals surface area contributed by atoms with Gasteiger partial charge in [0, 0.05) is 15.9 Å². The number of sulfone groups is 1. The third-order valence-electron chi connectivity index (χ3n) is 3.64. The first kappa shape index (κ1) is 23.7. The number of hydrogen-bond donors (Lipinski definition) is 0. The van der Waals surface area contributed by atoms with E-state index in [1.165, 1.54) is 30.7 Å². The fourth-order valence-electron chi connectivity index (χ4n) is 2.23. The molecule has 0 N–H and O–H groups in total. The predicted molar refractivity (Wildman–Crippen MR) is 96.3 cm³/mol. The van der Waals surface area contributed by atoms with E-state index in [0.717, 1.165) is 0 Å². The molecule has 0 fully saturated rings. The van der Waals surface area contributed by atoms with Crippen LogP contribution in [0.15, 0.2) is 45.8 Å². The quantitative estimate of drug-likeness (QED) is 0.301. The summed E-state index contributed by atoms with van der Waals surface area (Å²) in [5.41, 5.74) is 0.139. The van der Waals surface area contributed by atoms with E-state index < -0.39 is 36.4 Å². The van der Waals surface area contributed by atoms with Gasteiger partial charge in [0.05, 0.1) is 9.23 Å². The fourth-order valence-corrected chi connectivity index (χ4v) is 6.07. The van der Waals surface area contributed by atoms with E-state index in [9.17, 15) is 39.2 Å². The highest BCUT2D eigenvalue weighted by Gasteiger charge is 2.79. The minimum Gasteiger partial charge on any atom is -0.217 e. The Kier molecular flexibility index (Phi) is 6.16. The first-order chi connectivity index (χ1) is 12.5. The lowest BCUT2D eigenvalue weighted by Gasteiger charge is -2.32. The molecule has 155 valence electrons. The number of alkyl halides is 8. The molecule has 2 nitrogen and oxygen atoms in total. The number of benzene rings is 1. The van der Waals surface area contributed by atoms with Gasteiger partial charge in [0.25, 0.3) is 0 Å². The Hall–Kier alpha value is -0.590. The third kappa shape index (κ3) is 3.77. The molecule has 0 spiro atoms. The number of rotatable bonds is 4. The average Bonchev–Trinajstić information content (AvgIpc) is 2.52. The van der Waals surface area contributed by atoms with Crippen molar-refractivity contribution in [1.29, 1.82) is 0 Å². The second kappa shape index (κ2) is 7.28. The fraction of sp³-hybridized carbons (Fsp3) is 0.267. The molecule has 0 aromatic heterocycles. The maximum Gasteiger partial charge on any atom is 0.461 e. The summed E-state index contributed by atoms with van der Waals surface area (Å²) >= 11 is 11.9. The molecule has 0 saturated carbocycles. The van der Waals surface area contributed by atoms with Gasteiger partial charge in [-0.25, -0.2) is 8.42 Å². The van der Waals surface area contributed by atoms with Crippen LogP contribution in [0.2, 0.25) is 5.02 Å². The first-order valence-corrected chi connectivity index (χ1v) is 10.4. The molecule has 28 heavy (non-hydrogen) atoms. The molecule has 1 atom stereocenters. The van der Waals surface area contributed by atoms with E-state index in [-0.39, 0.29) is 15.1 Å². The lowest BCUT2D eigenvalue weighted by Crippen LogP contribution is -2.56. The van der Waals surface area contributed by atoms with Crippen LogP contribution >= 0.6 is 43.5 Å². The van der Waals surface area contributed by atoms with E-state index >= 15 is 0 Å². The number of allylic oxidation sites excluding steroid dienone is 3. The van der Waals surface area contributed by atoms with Crippen LogP contribution in [0.3, 0.4) is 0 Å². The topological polar surface area (TPSA) is 34.1 Å². The lowest BCUT2D eigenvalue weighted by atomic mass is 9.92. The van der Waals surface area contributed by atoms with Gasteiger partial charge in [0.1, 0.15) is 0 Å². The molecule has 0 bridgehead atoms. The van der Waals surface area contributed by atoms with Gasteiger partial charge < -0.3 is 0 Å². The van der Waals surface area contributed by atoms with Crippen LogP contribution < -0.4 is 0 Å². The summed E-state index contributed by atoms with van der Waals surface area (Å²) < 4.78 is 114. The molecule has 0 heterocycles. The Morgan fingerprint density at radius 1 is 1.00 bits per heavy atom. The zero-order valence-electron chi connectivity index (χ0n) is 13.0. The van der Waals surface area contributed by atoms with Crippen molar-refractivity contribution in [3.8, 4) is 0 Å². The smallest absolute Gasteiger partial charge is 0.217 e. The largest absolute Gasteiger partial charge is 0.461 e. The minimum atomic E-state index is -6.82. The highest BCUT2D eigenvalue weighted by molar-refractivity contribution is 9.12. The Balaban J connectivity index is 2.68. The van der Waals surface area contributed by atoms with Crippen molar-refractivity contribution in [1.82, 2.24) is 0 Å². The van der Waals surface area contributed by atoms with Gasteiger partial charge in [-0.3, -0.25) is 0 Å². The molecule has 1 aromatic rings. The van der Waals surface area contributed by atoms with Gasteiger partial charge in [-0.05, 0) is 23.8 Å². The summed E-state index contributed by atoms with van der Waals surface area (Å²) in [5, 5.41) is -6.40. The highest BCUT2D eigenvalue weighted by Crippen LogP contribution is 2.53. The van der Waals surface area contributed by atoms with Crippen LogP contribution in [0.1, 0.15) is 5.56 Å². The van der Waals surface area contributed by atoms with Gasteiger partial charge >= 0.3 is 17.4 Å². The Morgan fingerprint density at radius 2 is 1.54 bits per heavy atom. The third-order valence-corrected chi connectivity index (χ3v) is 7.10. The highest BCUT2D eigenvalue weighted by atomic mass is 79.9. The second-order valence-corrected chi connectivity index (χ2v) is 10.2.